The van der Waals surface area contributed by atoms with Crippen LogP contribution in [0.4, 0.5) is 5.69 Å². The molecule has 0 aliphatic carbocycles. The summed E-state index contributed by atoms with van der Waals surface area (Å²) in [6, 6.07) is 30.1. The second kappa shape index (κ2) is 7.57. The highest BCUT2D eigenvalue weighted by atomic mass is 16.1. The standard InChI is InChI=1S/C25H22N2O/c1-18-11-9-10-16-23(18)26-25(28)22-17-24(20-12-5-3-6-13-20)27(19(22)2)21-14-7-4-8-15-21/h3-17H,1-2H3,(H,26,28). The number of carbonyl (C=O) groups excluding carboxylic acids is 1. The van der Waals surface area contributed by atoms with Crippen molar-refractivity contribution in [3.63, 3.8) is 0 Å². The number of para-hydroxylation sites is 2. The Kier molecular flexibility index (Phi) is 4.81. The van der Waals surface area contributed by atoms with Gasteiger partial charge in [-0.3, -0.25) is 4.79 Å². The molecule has 1 aromatic heterocycles. The zero-order valence-corrected chi connectivity index (χ0v) is 16.0. The van der Waals surface area contributed by atoms with E-state index in [0.717, 1.165) is 33.9 Å². The van der Waals surface area contributed by atoms with E-state index >= 15 is 0 Å². The summed E-state index contributed by atoms with van der Waals surface area (Å²) in [4.78, 5) is 13.1. The van der Waals surface area contributed by atoms with Crippen LogP contribution < -0.4 is 5.32 Å². The van der Waals surface area contributed by atoms with E-state index < -0.39 is 0 Å². The van der Waals surface area contributed by atoms with Crippen molar-refractivity contribution in [2.45, 2.75) is 13.8 Å². The third-order valence-corrected chi connectivity index (χ3v) is 4.97. The number of aromatic nitrogens is 1. The van der Waals surface area contributed by atoms with Gasteiger partial charge in [-0.2, -0.15) is 0 Å². The Labute approximate surface area is 165 Å². The Hall–Kier alpha value is -3.59. The average molecular weight is 366 g/mol. The van der Waals surface area contributed by atoms with Crippen molar-refractivity contribution in [2.75, 3.05) is 5.32 Å². The largest absolute Gasteiger partial charge is 0.322 e. The molecule has 28 heavy (non-hydrogen) atoms. The molecule has 0 spiro atoms. The van der Waals surface area contributed by atoms with Crippen molar-refractivity contribution in [1.29, 1.82) is 0 Å². The summed E-state index contributed by atoms with van der Waals surface area (Å²) in [7, 11) is 0. The summed E-state index contributed by atoms with van der Waals surface area (Å²) in [5, 5.41) is 3.06. The van der Waals surface area contributed by atoms with Crippen LogP contribution in [0.25, 0.3) is 16.9 Å². The second-order valence-corrected chi connectivity index (χ2v) is 6.83. The Morgan fingerprint density at radius 2 is 1.39 bits per heavy atom. The number of hydrogen-bond donors (Lipinski definition) is 1. The smallest absolute Gasteiger partial charge is 0.257 e. The van der Waals surface area contributed by atoms with Crippen LogP contribution in [0.5, 0.6) is 0 Å². The molecule has 1 N–H and O–H groups in total. The fourth-order valence-corrected chi connectivity index (χ4v) is 3.47. The molecule has 3 nitrogen and oxygen atoms in total. The lowest BCUT2D eigenvalue weighted by atomic mass is 10.1. The number of rotatable bonds is 4. The molecule has 0 atom stereocenters. The van der Waals surface area contributed by atoms with Gasteiger partial charge in [0, 0.05) is 17.1 Å². The number of nitrogens with zero attached hydrogens (tertiary/aromatic N) is 1. The van der Waals surface area contributed by atoms with Gasteiger partial charge >= 0.3 is 0 Å². The van der Waals surface area contributed by atoms with Gasteiger partial charge in [-0.25, -0.2) is 0 Å². The lowest BCUT2D eigenvalue weighted by Crippen LogP contribution is -2.13. The molecule has 3 aromatic carbocycles. The van der Waals surface area contributed by atoms with Gasteiger partial charge in [0.1, 0.15) is 0 Å². The lowest BCUT2D eigenvalue weighted by molar-refractivity contribution is 0.102. The van der Waals surface area contributed by atoms with Crippen LogP contribution in [-0.4, -0.2) is 10.5 Å². The maximum atomic E-state index is 13.1. The maximum Gasteiger partial charge on any atom is 0.257 e. The molecule has 4 aromatic rings. The van der Waals surface area contributed by atoms with Crippen molar-refractivity contribution in [3.05, 3.63) is 108 Å². The first kappa shape index (κ1) is 17.8. The molecule has 0 saturated carbocycles. The van der Waals surface area contributed by atoms with Crippen LogP contribution in [0, 0.1) is 13.8 Å². The van der Waals surface area contributed by atoms with Crippen LogP contribution in [-0.2, 0) is 0 Å². The van der Waals surface area contributed by atoms with Crippen molar-refractivity contribution < 1.29 is 4.79 Å². The van der Waals surface area contributed by atoms with Gasteiger partial charge in [0.25, 0.3) is 5.91 Å². The molecule has 0 unspecified atom stereocenters. The third kappa shape index (κ3) is 3.35. The fraction of sp³-hybridized carbons (Fsp3) is 0.0800. The zero-order valence-electron chi connectivity index (χ0n) is 16.0. The van der Waals surface area contributed by atoms with Gasteiger partial charge in [-0.1, -0.05) is 66.7 Å². The summed E-state index contributed by atoms with van der Waals surface area (Å²) in [6.07, 6.45) is 0. The first-order valence-electron chi connectivity index (χ1n) is 9.35. The highest BCUT2D eigenvalue weighted by Gasteiger charge is 2.20. The Morgan fingerprint density at radius 3 is 2.07 bits per heavy atom. The molecule has 0 aliphatic rings. The summed E-state index contributed by atoms with van der Waals surface area (Å²) >= 11 is 0. The Bertz CT molecular complexity index is 1110. The monoisotopic (exact) mass is 366 g/mol. The topological polar surface area (TPSA) is 34.0 Å². The van der Waals surface area contributed by atoms with Gasteiger partial charge in [0.05, 0.1) is 11.3 Å². The summed E-state index contributed by atoms with van der Waals surface area (Å²) in [5.74, 6) is -0.0985. The van der Waals surface area contributed by atoms with E-state index in [-0.39, 0.29) is 5.91 Å². The predicted molar refractivity (Wildman–Crippen MR) is 115 cm³/mol. The second-order valence-electron chi connectivity index (χ2n) is 6.83. The minimum Gasteiger partial charge on any atom is -0.322 e. The average Bonchev–Trinajstić information content (AvgIpc) is 3.08. The van der Waals surface area contributed by atoms with E-state index in [0.29, 0.717) is 5.56 Å². The van der Waals surface area contributed by atoms with Crippen molar-refractivity contribution >= 4 is 11.6 Å². The number of hydrogen-bond acceptors (Lipinski definition) is 1. The predicted octanol–water partition coefficient (Wildman–Crippen LogP) is 6.01. The molecular weight excluding hydrogens is 344 g/mol. The van der Waals surface area contributed by atoms with E-state index in [1.165, 1.54) is 0 Å². The third-order valence-electron chi connectivity index (χ3n) is 4.97. The number of anilines is 1. The van der Waals surface area contributed by atoms with Gasteiger partial charge in [0.2, 0.25) is 0 Å². The molecule has 4 rings (SSSR count). The Morgan fingerprint density at radius 1 is 0.786 bits per heavy atom. The van der Waals surface area contributed by atoms with Gasteiger partial charge in [0.15, 0.2) is 0 Å². The molecule has 3 heteroatoms. The van der Waals surface area contributed by atoms with Crippen LogP contribution in [0.3, 0.4) is 0 Å². The highest BCUT2D eigenvalue weighted by molar-refractivity contribution is 6.06. The lowest BCUT2D eigenvalue weighted by Gasteiger charge is -2.12. The molecule has 1 amide bonds. The van der Waals surface area contributed by atoms with Crippen molar-refractivity contribution in [3.8, 4) is 16.9 Å². The molecule has 0 fully saturated rings. The normalized spacial score (nSPS) is 10.6. The van der Waals surface area contributed by atoms with Gasteiger partial charge < -0.3 is 9.88 Å². The molecule has 0 aliphatic heterocycles. The number of amides is 1. The van der Waals surface area contributed by atoms with Gasteiger partial charge in [-0.05, 0) is 49.2 Å². The first-order chi connectivity index (χ1) is 13.6. The highest BCUT2D eigenvalue weighted by Crippen LogP contribution is 2.30. The van der Waals surface area contributed by atoms with Crippen LogP contribution in [0.2, 0.25) is 0 Å². The van der Waals surface area contributed by atoms with E-state index in [1.54, 1.807) is 0 Å². The Balaban J connectivity index is 1.82. The molecular formula is C25H22N2O. The number of benzene rings is 3. The SMILES string of the molecule is Cc1ccccc1NC(=O)c1cc(-c2ccccc2)n(-c2ccccc2)c1C. The van der Waals surface area contributed by atoms with E-state index in [4.69, 9.17) is 0 Å². The number of nitrogens with one attached hydrogen (secondary N) is 1. The zero-order chi connectivity index (χ0) is 19.5. The van der Waals surface area contributed by atoms with E-state index in [2.05, 4.69) is 34.1 Å². The molecule has 0 saturated heterocycles. The molecule has 0 radical (unpaired) electrons. The number of carbonyl (C=O) groups is 1. The van der Waals surface area contributed by atoms with Crippen LogP contribution in [0.1, 0.15) is 21.6 Å². The van der Waals surface area contributed by atoms with Crippen LogP contribution in [0.15, 0.2) is 91.0 Å². The maximum absolute atomic E-state index is 13.1. The minimum atomic E-state index is -0.0985. The van der Waals surface area contributed by atoms with Crippen LogP contribution >= 0.6 is 0 Å². The fourth-order valence-electron chi connectivity index (χ4n) is 3.47. The molecule has 0 bridgehead atoms. The van der Waals surface area contributed by atoms with Crippen molar-refractivity contribution in [1.82, 2.24) is 4.57 Å². The minimum absolute atomic E-state index is 0.0985. The van der Waals surface area contributed by atoms with E-state index in [1.807, 2.05) is 80.6 Å². The van der Waals surface area contributed by atoms with Gasteiger partial charge in [-0.15, -0.1) is 0 Å². The number of aryl methyl sites for hydroxylation is 1. The van der Waals surface area contributed by atoms with E-state index in [9.17, 15) is 4.79 Å². The molecule has 1 heterocycles. The summed E-state index contributed by atoms with van der Waals surface area (Å²) < 4.78 is 2.14. The van der Waals surface area contributed by atoms with Crippen molar-refractivity contribution in [2.24, 2.45) is 0 Å². The first-order valence-corrected chi connectivity index (χ1v) is 9.35. The molecule has 138 valence electrons. The summed E-state index contributed by atoms with van der Waals surface area (Å²) in [6.45, 7) is 3.99. The quantitative estimate of drug-likeness (QED) is 0.471. The summed E-state index contributed by atoms with van der Waals surface area (Å²) in [5.41, 5.74) is 6.57.